The molecular weight excluding hydrogens is 386 g/mol. The standard InChI is InChI=1S/C20H28F2N2O5/c1-27-9-8-24(13-18(21)22)19(25)14-4-6-23(7-5-14)20(26)15-10-16(28-2)12-17(11-15)29-3/h10-12,14,18H,4-9,13H2,1-3H3. The summed E-state index contributed by atoms with van der Waals surface area (Å²) in [6, 6.07) is 4.95. The van der Waals surface area contributed by atoms with E-state index in [1.54, 1.807) is 23.1 Å². The number of hydrogen-bond donors (Lipinski definition) is 0. The highest BCUT2D eigenvalue weighted by Gasteiger charge is 2.31. The van der Waals surface area contributed by atoms with Crippen molar-refractivity contribution in [3.63, 3.8) is 0 Å². The van der Waals surface area contributed by atoms with Gasteiger partial charge in [-0.2, -0.15) is 0 Å². The van der Waals surface area contributed by atoms with Gasteiger partial charge >= 0.3 is 0 Å². The first kappa shape index (κ1) is 22.9. The van der Waals surface area contributed by atoms with Gasteiger partial charge in [0.1, 0.15) is 11.5 Å². The third-order valence-corrected chi connectivity index (χ3v) is 4.97. The summed E-state index contributed by atoms with van der Waals surface area (Å²) in [6.45, 7) is 0.476. The molecule has 29 heavy (non-hydrogen) atoms. The predicted octanol–water partition coefficient (Wildman–Crippen LogP) is 2.30. The Kier molecular flexibility index (Phi) is 8.63. The third kappa shape index (κ3) is 6.28. The van der Waals surface area contributed by atoms with Crippen LogP contribution in [0.15, 0.2) is 18.2 Å². The molecule has 0 saturated carbocycles. The number of nitrogens with zero attached hydrogens (tertiary/aromatic N) is 2. The molecule has 0 atom stereocenters. The first-order valence-corrected chi connectivity index (χ1v) is 9.47. The zero-order valence-electron chi connectivity index (χ0n) is 17.0. The molecule has 2 amide bonds. The van der Waals surface area contributed by atoms with Crippen molar-refractivity contribution < 1.29 is 32.6 Å². The summed E-state index contributed by atoms with van der Waals surface area (Å²) in [6.07, 6.45) is -1.74. The number of methoxy groups -OCH3 is 3. The number of likely N-dealkylation sites (tertiary alicyclic amines) is 1. The minimum Gasteiger partial charge on any atom is -0.497 e. The van der Waals surface area contributed by atoms with Crippen molar-refractivity contribution in [2.24, 2.45) is 5.92 Å². The number of hydrogen-bond acceptors (Lipinski definition) is 5. The van der Waals surface area contributed by atoms with Gasteiger partial charge in [-0.3, -0.25) is 9.59 Å². The second-order valence-corrected chi connectivity index (χ2v) is 6.84. The average molecular weight is 414 g/mol. The summed E-state index contributed by atoms with van der Waals surface area (Å²) in [7, 11) is 4.48. The summed E-state index contributed by atoms with van der Waals surface area (Å²) in [4.78, 5) is 28.3. The number of piperidine rings is 1. The lowest BCUT2D eigenvalue weighted by Crippen LogP contribution is -2.46. The summed E-state index contributed by atoms with van der Waals surface area (Å²) in [5.74, 6) is 0.154. The molecule has 2 rings (SSSR count). The number of benzene rings is 1. The molecule has 1 aromatic rings. The maximum atomic E-state index is 12.8. The predicted molar refractivity (Wildman–Crippen MR) is 103 cm³/mol. The van der Waals surface area contributed by atoms with Crippen molar-refractivity contribution in [2.45, 2.75) is 19.3 Å². The smallest absolute Gasteiger partial charge is 0.255 e. The van der Waals surface area contributed by atoms with E-state index >= 15 is 0 Å². The summed E-state index contributed by atoms with van der Waals surface area (Å²) >= 11 is 0. The van der Waals surface area contributed by atoms with Crippen LogP contribution >= 0.6 is 0 Å². The van der Waals surface area contributed by atoms with Crippen molar-refractivity contribution in [3.8, 4) is 11.5 Å². The quantitative estimate of drug-likeness (QED) is 0.620. The Morgan fingerprint density at radius 2 is 1.69 bits per heavy atom. The number of carbonyl (C=O) groups is 2. The molecule has 1 aliphatic rings. The number of halogens is 2. The van der Waals surface area contributed by atoms with Gasteiger partial charge in [-0.15, -0.1) is 0 Å². The summed E-state index contributed by atoms with van der Waals surface area (Å²) in [5, 5.41) is 0. The van der Waals surface area contributed by atoms with E-state index in [9.17, 15) is 18.4 Å². The van der Waals surface area contributed by atoms with Crippen LogP contribution < -0.4 is 9.47 Å². The topological polar surface area (TPSA) is 68.3 Å². The SMILES string of the molecule is COCCN(CC(F)F)C(=O)C1CCN(C(=O)c2cc(OC)cc(OC)c2)CC1. The Balaban J connectivity index is 2.00. The van der Waals surface area contributed by atoms with Crippen LogP contribution in [-0.4, -0.2) is 82.2 Å². The molecule has 0 aromatic heterocycles. The first-order chi connectivity index (χ1) is 13.9. The Labute approximate surface area is 169 Å². The van der Waals surface area contributed by atoms with Crippen molar-refractivity contribution in [1.82, 2.24) is 9.80 Å². The highest BCUT2D eigenvalue weighted by Crippen LogP contribution is 2.26. The van der Waals surface area contributed by atoms with E-state index in [-0.39, 0.29) is 30.9 Å². The molecule has 0 N–H and O–H groups in total. The molecule has 1 heterocycles. The number of amides is 2. The molecule has 0 unspecified atom stereocenters. The van der Waals surface area contributed by atoms with Crippen LogP contribution in [0.1, 0.15) is 23.2 Å². The normalized spacial score (nSPS) is 14.8. The lowest BCUT2D eigenvalue weighted by atomic mass is 9.94. The molecule has 1 aromatic carbocycles. The van der Waals surface area contributed by atoms with Crippen LogP contribution in [-0.2, 0) is 9.53 Å². The Hall–Kier alpha value is -2.42. The zero-order chi connectivity index (χ0) is 21.4. The van der Waals surface area contributed by atoms with E-state index < -0.39 is 13.0 Å². The number of rotatable bonds is 9. The Bertz CT molecular complexity index is 671. The average Bonchev–Trinajstić information content (AvgIpc) is 2.75. The van der Waals surface area contributed by atoms with Crippen LogP contribution in [0.5, 0.6) is 11.5 Å². The lowest BCUT2D eigenvalue weighted by molar-refractivity contribution is -0.139. The fourth-order valence-corrected chi connectivity index (χ4v) is 3.36. The third-order valence-electron chi connectivity index (χ3n) is 4.97. The molecule has 9 heteroatoms. The molecule has 7 nitrogen and oxygen atoms in total. The maximum Gasteiger partial charge on any atom is 0.255 e. The number of ether oxygens (including phenoxy) is 3. The minimum atomic E-state index is -2.60. The maximum absolute atomic E-state index is 12.8. The number of alkyl halides is 2. The summed E-state index contributed by atoms with van der Waals surface area (Å²) in [5.41, 5.74) is 0.436. The van der Waals surface area contributed by atoms with Crippen molar-refractivity contribution in [2.75, 3.05) is 54.1 Å². The Morgan fingerprint density at radius 1 is 1.10 bits per heavy atom. The van der Waals surface area contributed by atoms with Gasteiger partial charge in [0.15, 0.2) is 0 Å². The summed E-state index contributed by atoms with van der Waals surface area (Å²) < 4.78 is 40.9. The fraction of sp³-hybridized carbons (Fsp3) is 0.600. The number of carbonyl (C=O) groups excluding carboxylic acids is 2. The largest absolute Gasteiger partial charge is 0.497 e. The van der Waals surface area contributed by atoms with Gasteiger partial charge in [0.25, 0.3) is 12.3 Å². The van der Waals surface area contributed by atoms with Crippen LogP contribution in [0.25, 0.3) is 0 Å². The highest BCUT2D eigenvalue weighted by molar-refractivity contribution is 5.95. The van der Waals surface area contributed by atoms with Crippen molar-refractivity contribution in [1.29, 1.82) is 0 Å². The van der Waals surface area contributed by atoms with E-state index in [1.165, 1.54) is 21.3 Å². The van der Waals surface area contributed by atoms with Crippen LogP contribution in [0.3, 0.4) is 0 Å². The fourth-order valence-electron chi connectivity index (χ4n) is 3.36. The van der Waals surface area contributed by atoms with Crippen LogP contribution in [0.2, 0.25) is 0 Å². The monoisotopic (exact) mass is 414 g/mol. The van der Waals surface area contributed by atoms with Gasteiger partial charge < -0.3 is 24.0 Å². The second-order valence-electron chi connectivity index (χ2n) is 6.84. The molecule has 162 valence electrons. The zero-order valence-corrected chi connectivity index (χ0v) is 17.0. The molecule has 0 aliphatic carbocycles. The minimum absolute atomic E-state index is 0.127. The van der Waals surface area contributed by atoms with Gasteiger partial charge in [0.05, 0.1) is 27.4 Å². The van der Waals surface area contributed by atoms with Gasteiger partial charge in [-0.25, -0.2) is 8.78 Å². The lowest BCUT2D eigenvalue weighted by Gasteiger charge is -2.34. The van der Waals surface area contributed by atoms with Crippen molar-refractivity contribution >= 4 is 11.8 Å². The highest BCUT2D eigenvalue weighted by atomic mass is 19.3. The second kappa shape index (κ2) is 10.9. The van der Waals surface area contributed by atoms with Crippen molar-refractivity contribution in [3.05, 3.63) is 23.8 Å². The molecule has 0 radical (unpaired) electrons. The van der Waals surface area contributed by atoms with E-state index in [4.69, 9.17) is 14.2 Å². The molecule has 0 bridgehead atoms. The molecular formula is C20H28F2N2O5. The van der Waals surface area contributed by atoms with Gasteiger partial charge in [-0.1, -0.05) is 0 Å². The van der Waals surface area contributed by atoms with E-state index in [1.807, 2.05) is 0 Å². The molecule has 1 fully saturated rings. The Morgan fingerprint density at radius 3 is 2.17 bits per heavy atom. The van der Waals surface area contributed by atoms with Crippen LogP contribution in [0, 0.1) is 5.92 Å². The van der Waals surface area contributed by atoms with Gasteiger partial charge in [0, 0.05) is 44.3 Å². The molecule has 1 aliphatic heterocycles. The van der Waals surface area contributed by atoms with Gasteiger partial charge in [0.2, 0.25) is 5.91 Å². The van der Waals surface area contributed by atoms with E-state index in [0.717, 1.165) is 4.90 Å². The van der Waals surface area contributed by atoms with E-state index in [2.05, 4.69) is 0 Å². The van der Waals surface area contributed by atoms with Crippen LogP contribution in [0.4, 0.5) is 8.78 Å². The first-order valence-electron chi connectivity index (χ1n) is 9.47. The van der Waals surface area contributed by atoms with E-state index in [0.29, 0.717) is 43.0 Å². The molecule has 1 saturated heterocycles. The molecule has 0 spiro atoms. The van der Waals surface area contributed by atoms with Gasteiger partial charge in [-0.05, 0) is 25.0 Å².